The molecule has 2 aromatic rings. The van der Waals surface area contributed by atoms with E-state index in [0.717, 1.165) is 10.7 Å². The highest BCUT2D eigenvalue weighted by Gasteiger charge is 2.25. The first kappa shape index (κ1) is 19.6. The molecule has 0 heterocycles. The Hall–Kier alpha value is -1.76. The number of carbonyl (C=O) groups is 1. The van der Waals surface area contributed by atoms with Crippen molar-refractivity contribution in [3.8, 4) is 0 Å². The van der Waals surface area contributed by atoms with Crippen LogP contribution < -0.4 is 9.62 Å². The first-order valence-corrected chi connectivity index (χ1v) is 9.79. The molecule has 2 rings (SSSR count). The van der Waals surface area contributed by atoms with Gasteiger partial charge < -0.3 is 5.32 Å². The average molecular weight is 401 g/mol. The zero-order valence-corrected chi connectivity index (χ0v) is 16.1. The summed E-state index contributed by atoms with van der Waals surface area (Å²) in [6.07, 6.45) is 0.782. The number of hydrogen-bond donors (Lipinski definition) is 1. The van der Waals surface area contributed by atoms with Crippen molar-refractivity contribution in [1.82, 2.24) is 5.32 Å². The minimum Gasteiger partial charge on any atom is -0.352 e. The highest BCUT2D eigenvalue weighted by molar-refractivity contribution is 7.93. The van der Waals surface area contributed by atoms with Crippen LogP contribution in [-0.2, 0) is 10.0 Å². The molecule has 0 aromatic heterocycles. The molecule has 0 unspecified atom stereocenters. The van der Waals surface area contributed by atoms with Crippen molar-refractivity contribution in [3.05, 3.63) is 58.1 Å². The van der Waals surface area contributed by atoms with E-state index < -0.39 is 10.0 Å². The average Bonchev–Trinajstić information content (AvgIpc) is 2.59. The number of benzene rings is 2. The molecule has 2 aromatic carbocycles. The van der Waals surface area contributed by atoms with E-state index >= 15 is 0 Å². The van der Waals surface area contributed by atoms with Crippen molar-refractivity contribution >= 4 is 44.8 Å². The van der Waals surface area contributed by atoms with Gasteiger partial charge in [-0.15, -0.1) is 0 Å². The molecule has 5 nitrogen and oxygen atoms in total. The summed E-state index contributed by atoms with van der Waals surface area (Å²) in [5, 5.41) is 3.26. The van der Waals surface area contributed by atoms with Crippen molar-refractivity contribution in [2.24, 2.45) is 0 Å². The number of rotatable bonds is 6. The molecule has 0 saturated heterocycles. The number of nitrogens with zero attached hydrogens (tertiary/aromatic N) is 1. The van der Waals surface area contributed by atoms with Gasteiger partial charge in [-0.1, -0.05) is 30.1 Å². The molecule has 0 radical (unpaired) electrons. The van der Waals surface area contributed by atoms with E-state index in [1.165, 1.54) is 25.2 Å². The van der Waals surface area contributed by atoms with E-state index in [1.54, 1.807) is 24.3 Å². The van der Waals surface area contributed by atoms with E-state index in [1.807, 2.05) is 6.92 Å². The number of sulfonamides is 1. The largest absolute Gasteiger partial charge is 0.352 e. The van der Waals surface area contributed by atoms with Gasteiger partial charge in [-0.3, -0.25) is 9.10 Å². The molecule has 0 bridgehead atoms. The molecule has 25 heavy (non-hydrogen) atoms. The highest BCUT2D eigenvalue weighted by Crippen LogP contribution is 2.29. The van der Waals surface area contributed by atoms with Crippen LogP contribution in [0.1, 0.15) is 23.7 Å². The number of anilines is 1. The Kier molecular flexibility index (Phi) is 6.32. The van der Waals surface area contributed by atoms with Crippen LogP contribution in [0.5, 0.6) is 0 Å². The second-order valence-electron chi connectivity index (χ2n) is 5.35. The summed E-state index contributed by atoms with van der Waals surface area (Å²) >= 11 is 11.9. The molecular weight excluding hydrogens is 383 g/mol. The lowest BCUT2D eigenvalue weighted by Gasteiger charge is -2.20. The standard InChI is InChI=1S/C17H18Cl2N2O3S/c1-3-10-20-17(22)12-4-9-15(19)16(11-12)25(23,24)21(2)14-7-5-13(18)6-8-14/h4-9,11H,3,10H2,1-2H3,(H,20,22). The van der Waals surface area contributed by atoms with Crippen LogP contribution in [-0.4, -0.2) is 27.9 Å². The lowest BCUT2D eigenvalue weighted by Crippen LogP contribution is -2.28. The lowest BCUT2D eigenvalue weighted by atomic mass is 10.2. The quantitative estimate of drug-likeness (QED) is 0.797. The predicted octanol–water partition coefficient (Wildman–Crippen LogP) is 3.96. The molecule has 0 aliphatic rings. The molecular formula is C17H18Cl2N2O3S. The highest BCUT2D eigenvalue weighted by atomic mass is 35.5. The van der Waals surface area contributed by atoms with Crippen LogP contribution >= 0.6 is 23.2 Å². The number of nitrogens with one attached hydrogen (secondary N) is 1. The fraction of sp³-hybridized carbons (Fsp3) is 0.235. The lowest BCUT2D eigenvalue weighted by molar-refractivity contribution is 0.0953. The van der Waals surface area contributed by atoms with Gasteiger partial charge in [0, 0.05) is 24.2 Å². The molecule has 0 atom stereocenters. The Bertz CT molecular complexity index is 868. The van der Waals surface area contributed by atoms with Crippen LogP contribution in [0, 0.1) is 0 Å². The van der Waals surface area contributed by atoms with E-state index in [-0.39, 0.29) is 21.4 Å². The normalized spacial score (nSPS) is 11.2. The van der Waals surface area contributed by atoms with Crippen molar-refractivity contribution in [3.63, 3.8) is 0 Å². The Morgan fingerprint density at radius 2 is 1.76 bits per heavy atom. The third-order valence-corrected chi connectivity index (χ3v) is 6.08. The zero-order chi connectivity index (χ0) is 18.6. The minimum absolute atomic E-state index is 0.0489. The van der Waals surface area contributed by atoms with E-state index in [0.29, 0.717) is 17.3 Å². The van der Waals surface area contributed by atoms with Gasteiger partial charge in [0.25, 0.3) is 15.9 Å². The van der Waals surface area contributed by atoms with Crippen molar-refractivity contribution in [2.45, 2.75) is 18.2 Å². The first-order valence-electron chi connectivity index (χ1n) is 7.59. The molecule has 1 N–H and O–H groups in total. The monoisotopic (exact) mass is 400 g/mol. The van der Waals surface area contributed by atoms with Gasteiger partial charge in [0.1, 0.15) is 4.90 Å². The number of amides is 1. The maximum absolute atomic E-state index is 12.9. The second kappa shape index (κ2) is 8.08. The van der Waals surface area contributed by atoms with Gasteiger partial charge in [0.05, 0.1) is 10.7 Å². The molecule has 0 spiro atoms. The van der Waals surface area contributed by atoms with Crippen LogP contribution in [0.25, 0.3) is 0 Å². The van der Waals surface area contributed by atoms with Gasteiger partial charge in [-0.2, -0.15) is 0 Å². The van der Waals surface area contributed by atoms with Crippen molar-refractivity contribution in [2.75, 3.05) is 17.9 Å². The molecule has 1 amide bonds. The van der Waals surface area contributed by atoms with Crippen LogP contribution in [0.15, 0.2) is 47.4 Å². The fourth-order valence-electron chi connectivity index (χ4n) is 2.12. The van der Waals surface area contributed by atoms with E-state index in [2.05, 4.69) is 5.32 Å². The zero-order valence-electron chi connectivity index (χ0n) is 13.8. The third kappa shape index (κ3) is 4.45. The predicted molar refractivity (Wildman–Crippen MR) is 101 cm³/mol. The van der Waals surface area contributed by atoms with Crippen LogP contribution in [0.2, 0.25) is 10.0 Å². The Labute approximate surface area is 157 Å². The van der Waals surface area contributed by atoms with Gasteiger partial charge in [0.15, 0.2) is 0 Å². The van der Waals surface area contributed by atoms with Gasteiger partial charge in [-0.25, -0.2) is 8.42 Å². The summed E-state index contributed by atoms with van der Waals surface area (Å²) in [5.74, 6) is -0.343. The SMILES string of the molecule is CCCNC(=O)c1ccc(Cl)c(S(=O)(=O)N(C)c2ccc(Cl)cc2)c1. The van der Waals surface area contributed by atoms with Gasteiger partial charge in [0.2, 0.25) is 0 Å². The van der Waals surface area contributed by atoms with Crippen molar-refractivity contribution < 1.29 is 13.2 Å². The van der Waals surface area contributed by atoms with E-state index in [9.17, 15) is 13.2 Å². The summed E-state index contributed by atoms with van der Waals surface area (Å²) < 4.78 is 26.9. The smallest absolute Gasteiger partial charge is 0.265 e. The number of carbonyl (C=O) groups excluding carboxylic acids is 1. The van der Waals surface area contributed by atoms with Gasteiger partial charge in [-0.05, 0) is 48.9 Å². The first-order chi connectivity index (χ1) is 11.8. The summed E-state index contributed by atoms with van der Waals surface area (Å²) in [4.78, 5) is 12.0. The summed E-state index contributed by atoms with van der Waals surface area (Å²) in [5.41, 5.74) is 0.669. The molecule has 0 fully saturated rings. The maximum Gasteiger partial charge on any atom is 0.265 e. The fourth-order valence-corrected chi connectivity index (χ4v) is 3.94. The Morgan fingerprint density at radius 1 is 1.12 bits per heavy atom. The minimum atomic E-state index is -3.93. The molecule has 0 saturated carbocycles. The molecule has 134 valence electrons. The Morgan fingerprint density at radius 3 is 2.36 bits per heavy atom. The summed E-state index contributed by atoms with van der Waals surface area (Å²) in [7, 11) is -2.52. The molecule has 8 heteroatoms. The Balaban J connectivity index is 2.41. The van der Waals surface area contributed by atoms with Crippen molar-refractivity contribution in [1.29, 1.82) is 0 Å². The third-order valence-electron chi connectivity index (χ3n) is 3.56. The van der Waals surface area contributed by atoms with Gasteiger partial charge >= 0.3 is 0 Å². The summed E-state index contributed by atoms with van der Waals surface area (Å²) in [6, 6.07) is 10.6. The topological polar surface area (TPSA) is 66.5 Å². The molecule has 0 aliphatic carbocycles. The maximum atomic E-state index is 12.9. The van der Waals surface area contributed by atoms with Crippen LogP contribution in [0.3, 0.4) is 0 Å². The summed E-state index contributed by atoms with van der Waals surface area (Å²) in [6.45, 7) is 2.44. The number of halogens is 2. The second-order valence-corrected chi connectivity index (χ2v) is 8.13. The van der Waals surface area contributed by atoms with E-state index in [4.69, 9.17) is 23.2 Å². The number of hydrogen-bond acceptors (Lipinski definition) is 3. The molecule has 0 aliphatic heterocycles. The van der Waals surface area contributed by atoms with Crippen LogP contribution in [0.4, 0.5) is 5.69 Å².